The van der Waals surface area contributed by atoms with Crippen molar-refractivity contribution in [3.63, 3.8) is 0 Å². The molecule has 1 amide bonds. The monoisotopic (exact) mass is 260 g/mol. The van der Waals surface area contributed by atoms with Crippen molar-refractivity contribution in [2.45, 2.75) is 44.4 Å². The maximum Gasteiger partial charge on any atom is 0.229 e. The van der Waals surface area contributed by atoms with Gasteiger partial charge in [0.1, 0.15) is 0 Å². The number of rotatable bonds is 5. The quantitative estimate of drug-likeness (QED) is 0.739. The van der Waals surface area contributed by atoms with Gasteiger partial charge in [-0.1, -0.05) is 19.1 Å². The van der Waals surface area contributed by atoms with Gasteiger partial charge in [-0.25, -0.2) is 0 Å². The second kappa shape index (κ2) is 6.45. The summed E-state index contributed by atoms with van der Waals surface area (Å²) in [4.78, 5) is 12.0. The molecule has 0 saturated heterocycles. The summed E-state index contributed by atoms with van der Waals surface area (Å²) in [7, 11) is 0. The average Bonchev–Trinajstić information content (AvgIpc) is 2.65. The Hall–Kier alpha value is -0.290. The van der Waals surface area contributed by atoms with Crippen LogP contribution < -0.4 is 11.1 Å². The van der Waals surface area contributed by atoms with Gasteiger partial charge in [-0.3, -0.25) is 4.79 Å². The second-order valence-corrected chi connectivity index (χ2v) is 6.27. The maximum absolute atomic E-state index is 11.7. The van der Waals surface area contributed by atoms with Gasteiger partial charge < -0.3 is 11.1 Å². The lowest BCUT2D eigenvalue weighted by atomic mass is 10.1. The first-order valence-corrected chi connectivity index (χ1v) is 7.21. The van der Waals surface area contributed by atoms with Crippen LogP contribution in [-0.4, -0.2) is 27.9 Å². The van der Waals surface area contributed by atoms with Gasteiger partial charge in [-0.15, -0.1) is 0 Å². The maximum atomic E-state index is 11.7. The van der Waals surface area contributed by atoms with E-state index in [1.807, 2.05) is 11.8 Å². The fourth-order valence-corrected chi connectivity index (χ4v) is 3.16. The van der Waals surface area contributed by atoms with Gasteiger partial charge in [-0.2, -0.15) is 11.8 Å². The van der Waals surface area contributed by atoms with Crippen molar-refractivity contribution in [1.29, 1.82) is 0 Å². The molecule has 0 aromatic rings. The number of nitrogens with one attached hydrogen (secondary N) is 1. The predicted octanol–water partition coefficient (Wildman–Crippen LogP) is 1.70. The Morgan fingerprint density at radius 1 is 1.62 bits per heavy atom. The average molecular weight is 260 g/mol. The van der Waals surface area contributed by atoms with Crippen LogP contribution in [-0.2, 0) is 4.79 Å². The summed E-state index contributed by atoms with van der Waals surface area (Å²) in [6.07, 6.45) is 3.35. The standard InChI is InChI=1S/C11H20N2OS2/c1-3-16-9-5-4-8(6-9)13-11(14)7(2)10(12)15/h7-9H,3-6H2,1-2H3,(H2,12,15)(H,13,14). The minimum atomic E-state index is -0.354. The van der Waals surface area contributed by atoms with E-state index >= 15 is 0 Å². The lowest BCUT2D eigenvalue weighted by Crippen LogP contribution is -2.40. The molecule has 16 heavy (non-hydrogen) atoms. The van der Waals surface area contributed by atoms with E-state index in [0.717, 1.165) is 18.6 Å². The summed E-state index contributed by atoms with van der Waals surface area (Å²) < 4.78 is 0. The van der Waals surface area contributed by atoms with Crippen molar-refractivity contribution in [1.82, 2.24) is 5.32 Å². The Balaban J connectivity index is 2.34. The molecule has 1 aliphatic rings. The summed E-state index contributed by atoms with van der Waals surface area (Å²) >= 11 is 6.80. The third-order valence-corrected chi connectivity index (χ3v) is 4.54. The number of thiocarbonyl (C=S) groups is 1. The summed E-state index contributed by atoms with van der Waals surface area (Å²) in [6, 6.07) is 0.313. The van der Waals surface area contributed by atoms with E-state index in [-0.39, 0.29) is 16.8 Å². The normalized spacial score (nSPS) is 26.4. The molecule has 0 aromatic heterocycles. The summed E-state index contributed by atoms with van der Waals surface area (Å²) in [5, 5.41) is 3.73. The third kappa shape index (κ3) is 3.94. The number of carbonyl (C=O) groups excluding carboxylic acids is 1. The van der Waals surface area contributed by atoms with E-state index < -0.39 is 0 Å². The summed E-state index contributed by atoms with van der Waals surface area (Å²) in [5.74, 6) is 0.766. The molecular formula is C11H20N2OS2. The highest BCUT2D eigenvalue weighted by atomic mass is 32.2. The molecule has 0 heterocycles. The van der Waals surface area contributed by atoms with Gasteiger partial charge in [0, 0.05) is 11.3 Å². The molecule has 1 aliphatic carbocycles. The fraction of sp³-hybridized carbons (Fsp3) is 0.818. The van der Waals surface area contributed by atoms with Crippen LogP contribution in [0.4, 0.5) is 0 Å². The zero-order valence-electron chi connectivity index (χ0n) is 9.86. The Morgan fingerprint density at radius 3 is 2.88 bits per heavy atom. The van der Waals surface area contributed by atoms with Crippen LogP contribution in [0.2, 0.25) is 0 Å². The topological polar surface area (TPSA) is 55.1 Å². The molecule has 0 bridgehead atoms. The summed E-state index contributed by atoms with van der Waals surface area (Å²) in [6.45, 7) is 3.93. The van der Waals surface area contributed by atoms with Crippen LogP contribution in [0.3, 0.4) is 0 Å². The number of carbonyl (C=O) groups is 1. The number of thioether (sulfide) groups is 1. The van der Waals surface area contributed by atoms with Crippen molar-refractivity contribution in [3.8, 4) is 0 Å². The molecule has 5 heteroatoms. The summed E-state index contributed by atoms with van der Waals surface area (Å²) in [5.41, 5.74) is 5.45. The van der Waals surface area contributed by atoms with Crippen LogP contribution in [0.15, 0.2) is 0 Å². The van der Waals surface area contributed by atoms with Gasteiger partial charge in [0.15, 0.2) is 0 Å². The predicted molar refractivity (Wildman–Crippen MR) is 73.7 cm³/mol. The molecular weight excluding hydrogens is 240 g/mol. The molecule has 92 valence electrons. The minimum absolute atomic E-state index is 0.0281. The molecule has 3 unspecified atom stereocenters. The van der Waals surface area contributed by atoms with Crippen LogP contribution >= 0.6 is 24.0 Å². The van der Waals surface area contributed by atoms with Crippen molar-refractivity contribution in [2.24, 2.45) is 11.7 Å². The van der Waals surface area contributed by atoms with Crippen molar-refractivity contribution in [2.75, 3.05) is 5.75 Å². The smallest absolute Gasteiger partial charge is 0.229 e. The van der Waals surface area contributed by atoms with Crippen LogP contribution in [0.5, 0.6) is 0 Å². The highest BCUT2D eigenvalue weighted by Gasteiger charge is 2.27. The van der Waals surface area contributed by atoms with Gasteiger partial charge in [0.05, 0.1) is 10.9 Å². The Kier molecular flexibility index (Phi) is 5.55. The van der Waals surface area contributed by atoms with E-state index in [2.05, 4.69) is 12.2 Å². The first-order chi connectivity index (χ1) is 7.54. The molecule has 3 nitrogen and oxygen atoms in total. The lowest BCUT2D eigenvalue weighted by Gasteiger charge is -2.16. The van der Waals surface area contributed by atoms with E-state index in [1.165, 1.54) is 6.42 Å². The van der Waals surface area contributed by atoms with Crippen molar-refractivity contribution < 1.29 is 4.79 Å². The molecule has 3 atom stereocenters. The molecule has 0 aromatic carbocycles. The van der Waals surface area contributed by atoms with Crippen LogP contribution in [0.1, 0.15) is 33.1 Å². The van der Waals surface area contributed by atoms with E-state index in [0.29, 0.717) is 11.3 Å². The van der Waals surface area contributed by atoms with Gasteiger partial charge in [0.2, 0.25) is 5.91 Å². The highest BCUT2D eigenvalue weighted by molar-refractivity contribution is 7.99. The second-order valence-electron chi connectivity index (χ2n) is 4.22. The van der Waals surface area contributed by atoms with Crippen molar-refractivity contribution >= 4 is 34.9 Å². The molecule has 1 saturated carbocycles. The molecule has 1 rings (SSSR count). The van der Waals surface area contributed by atoms with Gasteiger partial charge in [-0.05, 0) is 31.9 Å². The molecule has 0 spiro atoms. The minimum Gasteiger partial charge on any atom is -0.393 e. The number of hydrogen-bond donors (Lipinski definition) is 2. The highest BCUT2D eigenvalue weighted by Crippen LogP contribution is 2.29. The largest absolute Gasteiger partial charge is 0.393 e. The zero-order chi connectivity index (χ0) is 12.1. The first-order valence-electron chi connectivity index (χ1n) is 5.75. The first kappa shape index (κ1) is 13.8. The van der Waals surface area contributed by atoms with Crippen molar-refractivity contribution in [3.05, 3.63) is 0 Å². The van der Waals surface area contributed by atoms with Crippen LogP contribution in [0, 0.1) is 5.92 Å². The van der Waals surface area contributed by atoms with Crippen LogP contribution in [0.25, 0.3) is 0 Å². The Bertz CT molecular complexity index is 271. The Morgan fingerprint density at radius 2 is 2.31 bits per heavy atom. The van der Waals surface area contributed by atoms with Gasteiger partial charge in [0.25, 0.3) is 0 Å². The molecule has 0 aliphatic heterocycles. The SMILES string of the molecule is CCSC1CCC(NC(=O)C(C)C(N)=S)C1. The molecule has 0 radical (unpaired) electrons. The molecule has 3 N–H and O–H groups in total. The molecule has 1 fully saturated rings. The Labute approximate surface area is 107 Å². The zero-order valence-corrected chi connectivity index (χ0v) is 11.5. The van der Waals surface area contributed by atoms with E-state index in [9.17, 15) is 4.79 Å². The lowest BCUT2D eigenvalue weighted by molar-refractivity contribution is -0.123. The van der Waals surface area contributed by atoms with E-state index in [1.54, 1.807) is 6.92 Å². The third-order valence-electron chi connectivity index (χ3n) is 2.95. The van der Waals surface area contributed by atoms with E-state index in [4.69, 9.17) is 18.0 Å². The fourth-order valence-electron chi connectivity index (χ4n) is 1.91. The number of hydrogen-bond acceptors (Lipinski definition) is 3. The number of amides is 1. The number of nitrogens with two attached hydrogens (primary N) is 1. The van der Waals surface area contributed by atoms with Gasteiger partial charge >= 0.3 is 0 Å².